The molecule has 108 valence electrons. The molecule has 2 heterocycles. The summed E-state index contributed by atoms with van der Waals surface area (Å²) < 4.78 is 19.3. The fraction of sp³-hybridized carbons (Fsp3) is 0.500. The minimum atomic E-state index is -0.410. The normalized spacial score (nSPS) is 23.1. The van der Waals surface area contributed by atoms with E-state index in [9.17, 15) is 9.18 Å². The highest BCUT2D eigenvalue weighted by Gasteiger charge is 2.31. The molecule has 5 nitrogen and oxygen atoms in total. The van der Waals surface area contributed by atoms with Crippen LogP contribution in [0.3, 0.4) is 0 Å². The van der Waals surface area contributed by atoms with Crippen LogP contribution in [0.25, 0.3) is 0 Å². The molecule has 1 N–H and O–H groups in total. The summed E-state index contributed by atoms with van der Waals surface area (Å²) in [6.45, 7) is 5.53. The van der Waals surface area contributed by atoms with E-state index < -0.39 is 6.09 Å². The van der Waals surface area contributed by atoms with E-state index in [1.54, 1.807) is 12.1 Å². The quantitative estimate of drug-likeness (QED) is 0.893. The van der Waals surface area contributed by atoms with Crippen molar-refractivity contribution in [2.75, 3.05) is 42.6 Å². The second-order valence-electron chi connectivity index (χ2n) is 5.17. The first-order valence-corrected chi connectivity index (χ1v) is 6.88. The van der Waals surface area contributed by atoms with Gasteiger partial charge in [-0.3, -0.25) is 4.90 Å². The minimum absolute atomic E-state index is 0.0630. The maximum Gasteiger partial charge on any atom is 0.414 e. The molecule has 6 heteroatoms. The van der Waals surface area contributed by atoms with Crippen molar-refractivity contribution in [3.05, 3.63) is 24.0 Å². The van der Waals surface area contributed by atoms with Gasteiger partial charge in [-0.1, -0.05) is 0 Å². The van der Waals surface area contributed by atoms with E-state index in [0.29, 0.717) is 18.0 Å². The number of rotatable bonds is 2. The van der Waals surface area contributed by atoms with Gasteiger partial charge >= 0.3 is 6.09 Å². The Morgan fingerprint density at radius 2 is 2.10 bits per heavy atom. The fourth-order valence-corrected chi connectivity index (χ4v) is 2.68. The van der Waals surface area contributed by atoms with Crippen molar-refractivity contribution in [2.45, 2.75) is 13.0 Å². The van der Waals surface area contributed by atoms with E-state index in [1.165, 1.54) is 11.0 Å². The minimum Gasteiger partial charge on any atom is -0.447 e. The molecule has 3 rings (SSSR count). The van der Waals surface area contributed by atoms with Gasteiger partial charge in [-0.2, -0.15) is 0 Å². The molecule has 1 aromatic carbocycles. The first-order valence-electron chi connectivity index (χ1n) is 6.88. The molecule has 0 aliphatic carbocycles. The number of halogens is 1. The smallest absolute Gasteiger partial charge is 0.414 e. The van der Waals surface area contributed by atoms with Gasteiger partial charge in [-0.15, -0.1) is 0 Å². The first-order chi connectivity index (χ1) is 9.66. The van der Waals surface area contributed by atoms with Crippen LogP contribution in [-0.2, 0) is 4.74 Å². The van der Waals surface area contributed by atoms with Crippen molar-refractivity contribution in [1.82, 2.24) is 5.32 Å². The Morgan fingerprint density at radius 3 is 2.70 bits per heavy atom. The summed E-state index contributed by atoms with van der Waals surface area (Å²) in [5.41, 5.74) is 1.15. The SMILES string of the molecule is CC1COC(=O)N1c1ccc(N2CCNCC2)c(F)c1. The number of hydrogen-bond acceptors (Lipinski definition) is 4. The van der Waals surface area contributed by atoms with E-state index in [1.807, 2.05) is 11.8 Å². The van der Waals surface area contributed by atoms with Crippen molar-refractivity contribution in [3.63, 3.8) is 0 Å². The van der Waals surface area contributed by atoms with Crippen molar-refractivity contribution in [1.29, 1.82) is 0 Å². The van der Waals surface area contributed by atoms with Gasteiger partial charge in [0, 0.05) is 26.2 Å². The lowest BCUT2D eigenvalue weighted by atomic mass is 10.2. The number of carbonyl (C=O) groups excluding carboxylic acids is 1. The maximum absolute atomic E-state index is 14.3. The van der Waals surface area contributed by atoms with Crippen LogP contribution < -0.4 is 15.1 Å². The predicted octanol–water partition coefficient (Wildman–Crippen LogP) is 1.58. The Hall–Kier alpha value is -1.82. The Labute approximate surface area is 117 Å². The summed E-state index contributed by atoms with van der Waals surface area (Å²) in [4.78, 5) is 15.2. The molecule has 1 unspecified atom stereocenters. The molecule has 2 saturated heterocycles. The number of ether oxygens (including phenoxy) is 1. The zero-order valence-electron chi connectivity index (χ0n) is 11.4. The molecule has 0 radical (unpaired) electrons. The molecule has 1 aromatic rings. The average molecular weight is 279 g/mol. The monoisotopic (exact) mass is 279 g/mol. The third-order valence-electron chi connectivity index (χ3n) is 3.75. The van der Waals surface area contributed by atoms with Crippen LogP contribution >= 0.6 is 0 Å². The number of nitrogens with one attached hydrogen (secondary N) is 1. The third-order valence-corrected chi connectivity index (χ3v) is 3.75. The van der Waals surface area contributed by atoms with Crippen LogP contribution in [0.4, 0.5) is 20.6 Å². The molecular formula is C14H18FN3O2. The highest BCUT2D eigenvalue weighted by molar-refractivity contribution is 5.90. The summed E-state index contributed by atoms with van der Waals surface area (Å²) in [5, 5.41) is 3.24. The molecule has 0 spiro atoms. The van der Waals surface area contributed by atoms with Gasteiger partial charge in [0.15, 0.2) is 0 Å². The topological polar surface area (TPSA) is 44.8 Å². The number of hydrogen-bond donors (Lipinski definition) is 1. The third kappa shape index (κ3) is 2.31. The number of cyclic esters (lactones) is 1. The van der Waals surface area contributed by atoms with Gasteiger partial charge in [0.25, 0.3) is 0 Å². The lowest BCUT2D eigenvalue weighted by Crippen LogP contribution is -2.43. The van der Waals surface area contributed by atoms with Crippen LogP contribution in [0.15, 0.2) is 18.2 Å². The van der Waals surface area contributed by atoms with Crippen molar-refractivity contribution in [2.24, 2.45) is 0 Å². The van der Waals surface area contributed by atoms with Crippen molar-refractivity contribution >= 4 is 17.5 Å². The second kappa shape index (κ2) is 5.28. The Bertz CT molecular complexity index is 517. The van der Waals surface area contributed by atoms with Gasteiger partial charge in [-0.05, 0) is 25.1 Å². The van der Waals surface area contributed by atoms with E-state index in [4.69, 9.17) is 4.74 Å². The molecular weight excluding hydrogens is 261 g/mol. The number of carbonyl (C=O) groups is 1. The lowest BCUT2D eigenvalue weighted by molar-refractivity contribution is 0.179. The van der Waals surface area contributed by atoms with E-state index in [-0.39, 0.29) is 11.9 Å². The lowest BCUT2D eigenvalue weighted by Gasteiger charge is -2.30. The summed E-state index contributed by atoms with van der Waals surface area (Å²) >= 11 is 0. The summed E-state index contributed by atoms with van der Waals surface area (Å²) in [7, 11) is 0. The van der Waals surface area contributed by atoms with Crippen molar-refractivity contribution < 1.29 is 13.9 Å². The Kier molecular flexibility index (Phi) is 3.48. The van der Waals surface area contributed by atoms with Crippen LogP contribution in [0.2, 0.25) is 0 Å². The molecule has 2 aliphatic rings. The molecule has 0 aromatic heterocycles. The number of nitrogens with zero attached hydrogens (tertiary/aromatic N) is 2. The summed E-state index contributed by atoms with van der Waals surface area (Å²) in [5.74, 6) is -0.295. The highest BCUT2D eigenvalue weighted by Crippen LogP contribution is 2.28. The van der Waals surface area contributed by atoms with Gasteiger partial charge in [0.2, 0.25) is 0 Å². The predicted molar refractivity (Wildman–Crippen MR) is 74.8 cm³/mol. The van der Waals surface area contributed by atoms with E-state index in [0.717, 1.165) is 26.2 Å². The summed E-state index contributed by atoms with van der Waals surface area (Å²) in [6, 6.07) is 4.88. The van der Waals surface area contributed by atoms with Gasteiger partial charge < -0.3 is 15.0 Å². The number of anilines is 2. The molecule has 20 heavy (non-hydrogen) atoms. The van der Waals surface area contributed by atoms with Crippen molar-refractivity contribution in [3.8, 4) is 0 Å². The van der Waals surface area contributed by atoms with E-state index >= 15 is 0 Å². The molecule has 0 bridgehead atoms. The summed E-state index contributed by atoms with van der Waals surface area (Å²) in [6.07, 6.45) is -0.410. The van der Waals surface area contributed by atoms with Crippen LogP contribution in [0, 0.1) is 5.82 Å². The largest absolute Gasteiger partial charge is 0.447 e. The van der Waals surface area contributed by atoms with Crippen LogP contribution in [0.1, 0.15) is 6.92 Å². The number of amides is 1. The van der Waals surface area contributed by atoms with E-state index in [2.05, 4.69) is 5.32 Å². The molecule has 1 amide bonds. The molecule has 1 atom stereocenters. The van der Waals surface area contributed by atoms with Crippen LogP contribution in [-0.4, -0.2) is 44.9 Å². The maximum atomic E-state index is 14.3. The van der Waals surface area contributed by atoms with Gasteiger partial charge in [-0.25, -0.2) is 9.18 Å². The Morgan fingerprint density at radius 1 is 1.35 bits per heavy atom. The molecule has 2 aliphatic heterocycles. The fourth-order valence-electron chi connectivity index (χ4n) is 2.68. The number of benzene rings is 1. The van der Waals surface area contributed by atoms with Gasteiger partial charge in [0.05, 0.1) is 17.4 Å². The highest BCUT2D eigenvalue weighted by atomic mass is 19.1. The second-order valence-corrected chi connectivity index (χ2v) is 5.17. The standard InChI is InChI=1S/C14H18FN3O2/c1-10-9-20-14(19)18(10)11-2-3-13(12(15)8-11)17-6-4-16-5-7-17/h2-3,8,10,16H,4-7,9H2,1H3. The molecule has 2 fully saturated rings. The zero-order valence-corrected chi connectivity index (χ0v) is 11.4. The average Bonchev–Trinajstić information content (AvgIpc) is 2.79. The first kappa shape index (κ1) is 13.2. The van der Waals surface area contributed by atoms with Crippen LogP contribution in [0.5, 0.6) is 0 Å². The molecule has 0 saturated carbocycles. The van der Waals surface area contributed by atoms with Gasteiger partial charge in [0.1, 0.15) is 12.4 Å². The zero-order chi connectivity index (χ0) is 14.1. The number of piperazine rings is 1. The Balaban J connectivity index is 1.85.